The highest BCUT2D eigenvalue weighted by atomic mass is 35.5. The van der Waals surface area contributed by atoms with Crippen molar-refractivity contribution in [1.82, 2.24) is 0 Å². The fraction of sp³-hybridized carbons (Fsp3) is 0. The highest BCUT2D eigenvalue weighted by molar-refractivity contribution is 6.33. The Hall–Kier alpha value is -2.67. The fourth-order valence-electron chi connectivity index (χ4n) is 1.66. The quantitative estimate of drug-likeness (QED) is 0.661. The summed E-state index contributed by atoms with van der Waals surface area (Å²) in [7, 11) is 0. The lowest BCUT2D eigenvalue weighted by Gasteiger charge is -2.09. The smallest absolute Gasteiger partial charge is 0.335 e. The maximum atomic E-state index is 12.9. The summed E-state index contributed by atoms with van der Waals surface area (Å²) in [5.74, 6) is -1.81. The van der Waals surface area contributed by atoms with Gasteiger partial charge in [0.1, 0.15) is 11.5 Å². The van der Waals surface area contributed by atoms with E-state index in [0.29, 0.717) is 0 Å². The summed E-state index contributed by atoms with van der Waals surface area (Å²) in [6, 6.07) is 6.93. The molecule has 0 saturated heterocycles. The number of carboxylic acids is 1. The second-order valence-corrected chi connectivity index (χ2v) is 4.45. The topological polar surface area (TPSA) is 92.5 Å². The molecule has 0 saturated carbocycles. The number of nitro groups is 1. The molecule has 0 bridgehead atoms. The number of aromatic carboxylic acids is 1. The Morgan fingerprint density at radius 2 is 1.90 bits per heavy atom. The number of nitrogens with zero attached hydrogens (tertiary/aromatic N) is 1. The van der Waals surface area contributed by atoms with E-state index in [4.69, 9.17) is 16.7 Å². The molecule has 6 nitrogen and oxygen atoms in total. The molecule has 108 valence electrons. The molecule has 2 aromatic rings. The van der Waals surface area contributed by atoms with Crippen molar-refractivity contribution >= 4 is 34.6 Å². The first-order valence-electron chi connectivity index (χ1n) is 5.62. The monoisotopic (exact) mass is 310 g/mol. The van der Waals surface area contributed by atoms with E-state index in [1.807, 2.05) is 0 Å². The average Bonchev–Trinajstić information content (AvgIpc) is 2.41. The third-order valence-corrected chi connectivity index (χ3v) is 2.95. The number of nitrogens with one attached hydrogen (secondary N) is 1. The average molecular weight is 311 g/mol. The minimum Gasteiger partial charge on any atom is -0.478 e. The summed E-state index contributed by atoms with van der Waals surface area (Å²) >= 11 is 5.83. The molecule has 0 spiro atoms. The number of rotatable bonds is 4. The molecule has 2 rings (SSSR count). The molecule has 0 aliphatic rings. The van der Waals surface area contributed by atoms with Gasteiger partial charge in [0.05, 0.1) is 21.2 Å². The Labute approximate surface area is 122 Å². The van der Waals surface area contributed by atoms with Crippen molar-refractivity contribution in [2.75, 3.05) is 5.32 Å². The SMILES string of the molecule is O=C(O)c1ccc(Nc2ccc(F)cc2Cl)c([N+](=O)[O-])c1. The van der Waals surface area contributed by atoms with Crippen LogP contribution < -0.4 is 5.32 Å². The molecule has 21 heavy (non-hydrogen) atoms. The minimum absolute atomic E-state index is 0.0478. The third-order valence-electron chi connectivity index (χ3n) is 2.64. The minimum atomic E-state index is -1.27. The van der Waals surface area contributed by atoms with Crippen molar-refractivity contribution in [3.63, 3.8) is 0 Å². The van der Waals surface area contributed by atoms with Gasteiger partial charge in [-0.15, -0.1) is 0 Å². The molecule has 0 aliphatic heterocycles. The Balaban J connectivity index is 2.44. The molecule has 0 heterocycles. The normalized spacial score (nSPS) is 10.2. The van der Waals surface area contributed by atoms with Gasteiger partial charge in [-0.1, -0.05) is 11.6 Å². The lowest BCUT2D eigenvalue weighted by atomic mass is 10.1. The van der Waals surface area contributed by atoms with E-state index < -0.39 is 22.4 Å². The van der Waals surface area contributed by atoms with Crippen LogP contribution in [0, 0.1) is 15.9 Å². The highest BCUT2D eigenvalue weighted by Gasteiger charge is 2.18. The summed E-state index contributed by atoms with van der Waals surface area (Å²) < 4.78 is 12.9. The van der Waals surface area contributed by atoms with Crippen molar-refractivity contribution in [3.8, 4) is 0 Å². The van der Waals surface area contributed by atoms with Gasteiger partial charge in [0, 0.05) is 6.07 Å². The van der Waals surface area contributed by atoms with E-state index in [1.54, 1.807) is 0 Å². The van der Waals surface area contributed by atoms with Crippen LogP contribution in [0.3, 0.4) is 0 Å². The van der Waals surface area contributed by atoms with Gasteiger partial charge in [0.25, 0.3) is 5.69 Å². The first kappa shape index (κ1) is 14.7. The number of benzene rings is 2. The highest BCUT2D eigenvalue weighted by Crippen LogP contribution is 2.32. The van der Waals surface area contributed by atoms with Crippen molar-refractivity contribution < 1.29 is 19.2 Å². The molecule has 0 radical (unpaired) electrons. The summed E-state index contributed by atoms with van der Waals surface area (Å²) in [5, 5.41) is 22.6. The number of hydrogen-bond acceptors (Lipinski definition) is 4. The first-order chi connectivity index (χ1) is 9.88. The number of hydrogen-bond donors (Lipinski definition) is 2. The van der Waals surface area contributed by atoms with Crippen molar-refractivity contribution in [2.45, 2.75) is 0 Å². The van der Waals surface area contributed by atoms with Gasteiger partial charge in [-0.3, -0.25) is 10.1 Å². The zero-order chi connectivity index (χ0) is 15.6. The number of halogens is 2. The third kappa shape index (κ3) is 3.26. The van der Waals surface area contributed by atoms with Gasteiger partial charge >= 0.3 is 5.97 Å². The Morgan fingerprint density at radius 3 is 2.48 bits per heavy atom. The van der Waals surface area contributed by atoms with E-state index in [-0.39, 0.29) is 22.0 Å². The maximum absolute atomic E-state index is 12.9. The Kier molecular flexibility index (Phi) is 4.04. The van der Waals surface area contributed by atoms with Crippen molar-refractivity contribution in [1.29, 1.82) is 0 Å². The largest absolute Gasteiger partial charge is 0.478 e. The number of nitro benzene ring substituents is 1. The lowest BCUT2D eigenvalue weighted by molar-refractivity contribution is -0.383. The lowest BCUT2D eigenvalue weighted by Crippen LogP contribution is -2.02. The Bertz CT molecular complexity index is 736. The Morgan fingerprint density at radius 1 is 1.24 bits per heavy atom. The van der Waals surface area contributed by atoms with Crippen molar-refractivity contribution in [3.05, 3.63) is 62.9 Å². The first-order valence-corrected chi connectivity index (χ1v) is 6.00. The van der Waals surface area contributed by atoms with Crippen LogP contribution >= 0.6 is 11.6 Å². The van der Waals surface area contributed by atoms with Crippen LogP contribution in [0.15, 0.2) is 36.4 Å². The van der Waals surface area contributed by atoms with Crippen LogP contribution in [0.1, 0.15) is 10.4 Å². The van der Waals surface area contributed by atoms with Gasteiger partial charge in [-0.05, 0) is 30.3 Å². The number of anilines is 2. The van der Waals surface area contributed by atoms with Crippen LogP contribution in [-0.2, 0) is 0 Å². The molecule has 0 fully saturated rings. The predicted octanol–water partition coefficient (Wildman–Crippen LogP) is 3.83. The predicted molar refractivity (Wildman–Crippen MR) is 74.7 cm³/mol. The second-order valence-electron chi connectivity index (χ2n) is 4.04. The molecule has 0 unspecified atom stereocenters. The van der Waals surface area contributed by atoms with E-state index in [1.165, 1.54) is 18.2 Å². The van der Waals surface area contributed by atoms with Gasteiger partial charge in [0.2, 0.25) is 0 Å². The van der Waals surface area contributed by atoms with E-state index in [2.05, 4.69) is 5.32 Å². The van der Waals surface area contributed by atoms with Gasteiger partial charge in [0.15, 0.2) is 0 Å². The standard InChI is InChI=1S/C13H8ClFN2O4/c14-9-6-8(15)2-4-10(9)16-11-3-1-7(13(18)19)5-12(11)17(20)21/h1-6,16H,(H,18,19). The maximum Gasteiger partial charge on any atom is 0.335 e. The molecule has 2 N–H and O–H groups in total. The molecule has 0 aliphatic carbocycles. The zero-order valence-electron chi connectivity index (χ0n) is 10.3. The molecule has 8 heteroatoms. The van der Waals surface area contributed by atoms with Crippen molar-refractivity contribution in [2.24, 2.45) is 0 Å². The molecule has 0 atom stereocenters. The van der Waals surface area contributed by atoms with Gasteiger partial charge in [-0.2, -0.15) is 0 Å². The van der Waals surface area contributed by atoms with E-state index >= 15 is 0 Å². The zero-order valence-corrected chi connectivity index (χ0v) is 11.1. The summed E-state index contributed by atoms with van der Waals surface area (Å²) in [5.41, 5.74) is -0.310. The van der Waals surface area contributed by atoms with Crippen LogP contribution in [0.5, 0.6) is 0 Å². The van der Waals surface area contributed by atoms with Gasteiger partial charge < -0.3 is 10.4 Å². The van der Waals surface area contributed by atoms with E-state index in [9.17, 15) is 19.3 Å². The summed E-state index contributed by atoms with van der Waals surface area (Å²) in [6.45, 7) is 0. The molecule has 2 aromatic carbocycles. The molecule has 0 amide bonds. The van der Waals surface area contributed by atoms with Crippen LogP contribution in [0.25, 0.3) is 0 Å². The van der Waals surface area contributed by atoms with Crippen LogP contribution in [0.4, 0.5) is 21.5 Å². The number of carbonyl (C=O) groups is 1. The summed E-state index contributed by atoms with van der Waals surface area (Å²) in [4.78, 5) is 21.1. The second kappa shape index (κ2) is 5.76. The molecular weight excluding hydrogens is 303 g/mol. The van der Waals surface area contributed by atoms with Crippen LogP contribution in [0.2, 0.25) is 5.02 Å². The van der Waals surface area contributed by atoms with E-state index in [0.717, 1.165) is 18.2 Å². The number of carboxylic acid groups (broad SMARTS) is 1. The van der Waals surface area contributed by atoms with Crippen LogP contribution in [-0.4, -0.2) is 16.0 Å². The molecule has 0 aromatic heterocycles. The van der Waals surface area contributed by atoms with Gasteiger partial charge in [-0.25, -0.2) is 9.18 Å². The fourth-order valence-corrected chi connectivity index (χ4v) is 1.87. The molecular formula is C13H8ClFN2O4. The summed E-state index contributed by atoms with van der Waals surface area (Å²) in [6.07, 6.45) is 0.